The number of amides is 2. The summed E-state index contributed by atoms with van der Waals surface area (Å²) in [5, 5.41) is 0. The number of hydrogen-bond acceptors (Lipinski definition) is 4. The van der Waals surface area contributed by atoms with Crippen LogP contribution in [0, 0.1) is 5.92 Å². The van der Waals surface area contributed by atoms with Crippen molar-refractivity contribution < 1.29 is 19.1 Å². The summed E-state index contributed by atoms with van der Waals surface area (Å²) in [6.07, 6.45) is 2.77. The summed E-state index contributed by atoms with van der Waals surface area (Å²) >= 11 is 0. The van der Waals surface area contributed by atoms with Crippen molar-refractivity contribution in [2.24, 2.45) is 5.92 Å². The molecule has 0 radical (unpaired) electrons. The Morgan fingerprint density at radius 1 is 1.14 bits per heavy atom. The fraction of sp³-hybridized carbons (Fsp3) is 0.333. The van der Waals surface area contributed by atoms with Crippen LogP contribution in [0.25, 0.3) is 0 Å². The molecule has 2 aromatic carbocycles. The molecule has 0 unspecified atom stereocenters. The van der Waals surface area contributed by atoms with Gasteiger partial charge in [0.1, 0.15) is 6.61 Å². The van der Waals surface area contributed by atoms with Gasteiger partial charge in [0.15, 0.2) is 0 Å². The first-order chi connectivity index (χ1) is 14.2. The Labute approximate surface area is 171 Å². The van der Waals surface area contributed by atoms with Crippen molar-refractivity contribution >= 4 is 12.0 Å². The number of carbonyl (C=O) groups excluding carboxylic acids is 2. The van der Waals surface area contributed by atoms with Gasteiger partial charge in [0, 0.05) is 12.5 Å². The molecular weight excluding hydrogens is 366 g/mol. The highest BCUT2D eigenvalue weighted by Gasteiger charge is 2.40. The lowest BCUT2D eigenvalue weighted by atomic mass is 9.98. The van der Waals surface area contributed by atoms with E-state index < -0.39 is 6.09 Å². The molecule has 0 spiro atoms. The van der Waals surface area contributed by atoms with E-state index >= 15 is 0 Å². The number of hydrogen-bond donors (Lipinski definition) is 0. The van der Waals surface area contributed by atoms with E-state index in [0.717, 1.165) is 11.1 Å². The summed E-state index contributed by atoms with van der Waals surface area (Å²) in [4.78, 5) is 26.7. The Bertz CT molecular complexity index is 806. The van der Waals surface area contributed by atoms with Crippen molar-refractivity contribution in [3.05, 3.63) is 84.4 Å². The molecule has 152 valence electrons. The second-order valence-corrected chi connectivity index (χ2v) is 7.18. The number of benzene rings is 2. The van der Waals surface area contributed by atoms with Gasteiger partial charge in [0.05, 0.1) is 12.6 Å². The first kappa shape index (κ1) is 20.8. The highest BCUT2D eigenvalue weighted by Crippen LogP contribution is 2.23. The van der Waals surface area contributed by atoms with Crippen LogP contribution in [0.1, 0.15) is 24.0 Å². The number of carbonyl (C=O) groups is 2. The van der Waals surface area contributed by atoms with Crippen LogP contribution in [-0.2, 0) is 27.3 Å². The lowest BCUT2D eigenvalue weighted by Crippen LogP contribution is -2.43. The highest BCUT2D eigenvalue weighted by atomic mass is 16.6. The fourth-order valence-electron chi connectivity index (χ4n) is 3.50. The van der Waals surface area contributed by atoms with Crippen LogP contribution in [-0.4, -0.2) is 36.2 Å². The molecule has 0 N–H and O–H groups in total. The van der Waals surface area contributed by atoms with E-state index in [-0.39, 0.29) is 24.5 Å². The number of imide groups is 1. The van der Waals surface area contributed by atoms with E-state index in [9.17, 15) is 9.59 Å². The summed E-state index contributed by atoms with van der Waals surface area (Å²) in [6.45, 7) is 4.92. The zero-order chi connectivity index (χ0) is 20.5. The van der Waals surface area contributed by atoms with Crippen LogP contribution in [0.4, 0.5) is 4.79 Å². The van der Waals surface area contributed by atoms with Crippen LogP contribution in [0.3, 0.4) is 0 Å². The van der Waals surface area contributed by atoms with E-state index in [1.807, 2.05) is 60.7 Å². The minimum atomic E-state index is -0.560. The number of cyclic esters (lactones) is 1. The number of nitrogens with zero attached hydrogens (tertiary/aromatic N) is 1. The highest BCUT2D eigenvalue weighted by molar-refractivity contribution is 5.94. The summed E-state index contributed by atoms with van der Waals surface area (Å²) in [7, 11) is 0. The quantitative estimate of drug-likeness (QED) is 0.444. The zero-order valence-electron chi connectivity index (χ0n) is 16.5. The van der Waals surface area contributed by atoms with Crippen molar-refractivity contribution in [2.45, 2.75) is 31.9 Å². The molecule has 1 fully saturated rings. The lowest BCUT2D eigenvalue weighted by molar-refractivity contribution is -0.134. The van der Waals surface area contributed by atoms with Gasteiger partial charge in [-0.25, -0.2) is 9.69 Å². The summed E-state index contributed by atoms with van der Waals surface area (Å²) in [5.74, 6) is -0.566. The van der Waals surface area contributed by atoms with Crippen molar-refractivity contribution in [3.63, 3.8) is 0 Å². The Hall–Kier alpha value is -2.92. The van der Waals surface area contributed by atoms with Gasteiger partial charge in [-0.15, -0.1) is 6.58 Å². The second kappa shape index (κ2) is 10.6. The second-order valence-electron chi connectivity index (χ2n) is 7.18. The van der Waals surface area contributed by atoms with E-state index in [0.29, 0.717) is 32.5 Å². The van der Waals surface area contributed by atoms with Gasteiger partial charge in [0.25, 0.3) is 0 Å². The molecule has 5 heteroatoms. The summed E-state index contributed by atoms with van der Waals surface area (Å²) in [6, 6.07) is 19.4. The first-order valence-corrected chi connectivity index (χ1v) is 9.95. The molecule has 1 aliphatic rings. The van der Waals surface area contributed by atoms with Crippen LogP contribution in [0.5, 0.6) is 0 Å². The molecule has 5 nitrogen and oxygen atoms in total. The molecule has 1 aliphatic heterocycles. The predicted molar refractivity (Wildman–Crippen MR) is 111 cm³/mol. The van der Waals surface area contributed by atoms with Crippen LogP contribution >= 0.6 is 0 Å². The van der Waals surface area contributed by atoms with Gasteiger partial charge >= 0.3 is 6.09 Å². The third kappa shape index (κ3) is 5.78. The van der Waals surface area contributed by atoms with E-state index in [1.165, 1.54) is 4.90 Å². The molecular formula is C24H27NO4. The van der Waals surface area contributed by atoms with Gasteiger partial charge in [-0.05, 0) is 30.4 Å². The molecule has 2 amide bonds. The number of allylic oxidation sites excluding steroid dienone is 1. The van der Waals surface area contributed by atoms with Gasteiger partial charge in [0.2, 0.25) is 5.91 Å². The van der Waals surface area contributed by atoms with Gasteiger partial charge < -0.3 is 9.47 Å². The normalized spacial score (nSPS) is 17.0. The predicted octanol–water partition coefficient (Wildman–Crippen LogP) is 4.38. The van der Waals surface area contributed by atoms with Crippen molar-refractivity contribution in [1.29, 1.82) is 0 Å². The Kier molecular flexibility index (Phi) is 7.59. The Morgan fingerprint density at radius 2 is 1.79 bits per heavy atom. The smallest absolute Gasteiger partial charge is 0.416 e. The van der Waals surface area contributed by atoms with Crippen LogP contribution in [0.2, 0.25) is 0 Å². The molecule has 0 bridgehead atoms. The Balaban J connectivity index is 1.58. The molecule has 2 atom stereocenters. The van der Waals surface area contributed by atoms with Crippen molar-refractivity contribution in [3.8, 4) is 0 Å². The third-order valence-electron chi connectivity index (χ3n) is 5.04. The number of rotatable bonds is 10. The molecule has 1 heterocycles. The standard InChI is InChI=1S/C24H27NO4/c1-2-9-21(14-15-28-17-20-12-7-4-8-13-20)23(26)25-22(18-29-24(25)27)16-19-10-5-3-6-11-19/h2-8,10-13,21-22H,1,9,14-18H2/t21-,22-/m0/s1. The van der Waals surface area contributed by atoms with E-state index in [1.54, 1.807) is 6.08 Å². The number of ether oxygens (including phenoxy) is 2. The molecule has 29 heavy (non-hydrogen) atoms. The van der Waals surface area contributed by atoms with Crippen LogP contribution < -0.4 is 0 Å². The molecule has 2 aromatic rings. The SMILES string of the molecule is C=CC[C@@H](CCOCc1ccccc1)C(=O)N1C(=O)OC[C@@H]1Cc1ccccc1. The van der Waals surface area contributed by atoms with Gasteiger partial charge in [-0.1, -0.05) is 66.7 Å². The molecule has 0 saturated carbocycles. The summed E-state index contributed by atoms with van der Waals surface area (Å²) in [5.41, 5.74) is 2.16. The van der Waals surface area contributed by atoms with Crippen LogP contribution in [0.15, 0.2) is 73.3 Å². The minimum Gasteiger partial charge on any atom is -0.447 e. The van der Waals surface area contributed by atoms with Gasteiger partial charge in [-0.3, -0.25) is 4.79 Å². The van der Waals surface area contributed by atoms with Crippen molar-refractivity contribution in [1.82, 2.24) is 4.90 Å². The maximum absolute atomic E-state index is 13.1. The average Bonchev–Trinajstić information content (AvgIpc) is 3.11. The molecule has 0 aliphatic carbocycles. The minimum absolute atomic E-state index is 0.211. The van der Waals surface area contributed by atoms with E-state index in [4.69, 9.17) is 9.47 Å². The first-order valence-electron chi connectivity index (χ1n) is 9.95. The lowest BCUT2D eigenvalue weighted by Gasteiger charge is -2.24. The molecule has 0 aromatic heterocycles. The van der Waals surface area contributed by atoms with E-state index in [2.05, 4.69) is 6.58 Å². The fourth-order valence-corrected chi connectivity index (χ4v) is 3.50. The molecule has 1 saturated heterocycles. The third-order valence-corrected chi connectivity index (χ3v) is 5.04. The molecule has 3 rings (SSSR count). The monoisotopic (exact) mass is 393 g/mol. The topological polar surface area (TPSA) is 55.8 Å². The Morgan fingerprint density at radius 3 is 2.45 bits per heavy atom. The maximum Gasteiger partial charge on any atom is 0.416 e. The van der Waals surface area contributed by atoms with Crippen molar-refractivity contribution in [2.75, 3.05) is 13.2 Å². The zero-order valence-corrected chi connectivity index (χ0v) is 16.5. The average molecular weight is 393 g/mol. The summed E-state index contributed by atoms with van der Waals surface area (Å²) < 4.78 is 10.9. The maximum atomic E-state index is 13.1. The largest absolute Gasteiger partial charge is 0.447 e. The van der Waals surface area contributed by atoms with Gasteiger partial charge in [-0.2, -0.15) is 0 Å².